The standard InChI is InChI=1S/C22H24N2O3/c1-15-7-8-19(27-2)18(13-15)23-20(25)22(10-11-22)21(26)24-12-9-16-5-3-4-6-17(16)14-24/h3-8,13H,9-12,14H2,1-2H3,(H,23,25). The first-order valence-corrected chi connectivity index (χ1v) is 9.36. The van der Waals surface area contributed by atoms with Gasteiger partial charge in [0.1, 0.15) is 11.2 Å². The Bertz CT molecular complexity index is 902. The zero-order valence-electron chi connectivity index (χ0n) is 15.7. The van der Waals surface area contributed by atoms with Crippen molar-refractivity contribution in [3.8, 4) is 5.75 Å². The topological polar surface area (TPSA) is 58.6 Å². The zero-order valence-corrected chi connectivity index (χ0v) is 15.7. The molecule has 1 heterocycles. The third-order valence-electron chi connectivity index (χ3n) is 5.62. The fourth-order valence-corrected chi connectivity index (χ4v) is 3.80. The van der Waals surface area contributed by atoms with Crippen molar-refractivity contribution in [3.63, 3.8) is 0 Å². The van der Waals surface area contributed by atoms with Crippen LogP contribution in [0.2, 0.25) is 0 Å². The van der Waals surface area contributed by atoms with Gasteiger partial charge in [0.25, 0.3) is 0 Å². The van der Waals surface area contributed by atoms with Crippen LogP contribution in [0.3, 0.4) is 0 Å². The van der Waals surface area contributed by atoms with Gasteiger partial charge in [-0.2, -0.15) is 0 Å². The minimum Gasteiger partial charge on any atom is -0.495 e. The van der Waals surface area contributed by atoms with E-state index in [2.05, 4.69) is 17.4 Å². The number of nitrogens with one attached hydrogen (secondary N) is 1. The molecule has 0 spiro atoms. The van der Waals surface area contributed by atoms with E-state index in [1.54, 1.807) is 7.11 Å². The maximum atomic E-state index is 13.2. The predicted octanol–water partition coefficient (Wildman–Crippen LogP) is 3.31. The molecule has 1 N–H and O–H groups in total. The molecule has 1 aliphatic heterocycles. The first-order valence-electron chi connectivity index (χ1n) is 9.36. The molecule has 4 rings (SSSR count). The van der Waals surface area contributed by atoms with Crippen molar-refractivity contribution in [2.45, 2.75) is 32.7 Å². The van der Waals surface area contributed by atoms with E-state index in [0.717, 1.165) is 12.0 Å². The lowest BCUT2D eigenvalue weighted by atomic mass is 9.97. The molecule has 2 aromatic carbocycles. The number of amides is 2. The molecule has 2 aliphatic rings. The number of nitrogens with zero attached hydrogens (tertiary/aromatic N) is 1. The van der Waals surface area contributed by atoms with Gasteiger partial charge in [-0.05, 0) is 55.0 Å². The van der Waals surface area contributed by atoms with Gasteiger partial charge in [0.15, 0.2) is 0 Å². The van der Waals surface area contributed by atoms with Crippen LogP contribution in [0, 0.1) is 12.3 Å². The number of rotatable bonds is 4. The number of carbonyl (C=O) groups is 2. The summed E-state index contributed by atoms with van der Waals surface area (Å²) in [6.07, 6.45) is 2.04. The minimum absolute atomic E-state index is 0.0545. The number of hydrogen-bond acceptors (Lipinski definition) is 3. The van der Waals surface area contributed by atoms with Crippen LogP contribution in [-0.2, 0) is 22.6 Å². The van der Waals surface area contributed by atoms with Crippen LogP contribution in [-0.4, -0.2) is 30.4 Å². The van der Waals surface area contributed by atoms with Crippen molar-refractivity contribution in [1.82, 2.24) is 4.90 Å². The molecule has 1 aliphatic carbocycles. The number of methoxy groups -OCH3 is 1. The van der Waals surface area contributed by atoms with E-state index in [1.165, 1.54) is 11.1 Å². The zero-order chi connectivity index (χ0) is 19.0. The van der Waals surface area contributed by atoms with E-state index in [1.807, 2.05) is 42.2 Å². The number of hydrogen-bond donors (Lipinski definition) is 1. The number of anilines is 1. The summed E-state index contributed by atoms with van der Waals surface area (Å²) in [6.45, 7) is 3.20. The normalized spacial score (nSPS) is 17.0. The van der Waals surface area contributed by atoms with Crippen molar-refractivity contribution in [2.24, 2.45) is 5.41 Å². The number of aryl methyl sites for hydroxylation is 1. The number of carbonyl (C=O) groups excluding carboxylic acids is 2. The van der Waals surface area contributed by atoms with Gasteiger partial charge >= 0.3 is 0 Å². The van der Waals surface area contributed by atoms with E-state index in [4.69, 9.17) is 4.74 Å². The summed E-state index contributed by atoms with van der Waals surface area (Å²) < 4.78 is 5.34. The molecule has 2 amide bonds. The Morgan fingerprint density at radius 1 is 1.11 bits per heavy atom. The van der Waals surface area contributed by atoms with Gasteiger partial charge in [-0.3, -0.25) is 9.59 Å². The van der Waals surface area contributed by atoms with Gasteiger partial charge in [-0.15, -0.1) is 0 Å². The molecule has 1 fully saturated rings. The highest BCUT2D eigenvalue weighted by Gasteiger charge is 2.58. The second kappa shape index (κ2) is 6.72. The molecule has 0 bridgehead atoms. The predicted molar refractivity (Wildman–Crippen MR) is 104 cm³/mol. The van der Waals surface area contributed by atoms with E-state index in [0.29, 0.717) is 37.4 Å². The lowest BCUT2D eigenvalue weighted by Gasteiger charge is -2.31. The van der Waals surface area contributed by atoms with Crippen molar-refractivity contribution < 1.29 is 14.3 Å². The molecule has 0 radical (unpaired) electrons. The Morgan fingerprint density at radius 2 is 1.85 bits per heavy atom. The average molecular weight is 364 g/mol. The molecule has 0 atom stereocenters. The van der Waals surface area contributed by atoms with Gasteiger partial charge < -0.3 is 15.0 Å². The summed E-state index contributed by atoms with van der Waals surface area (Å²) in [6, 6.07) is 13.8. The Kier molecular flexibility index (Phi) is 4.38. The maximum Gasteiger partial charge on any atom is 0.240 e. The molecular weight excluding hydrogens is 340 g/mol. The van der Waals surface area contributed by atoms with Crippen molar-refractivity contribution >= 4 is 17.5 Å². The first kappa shape index (κ1) is 17.6. The molecule has 5 nitrogen and oxygen atoms in total. The second-order valence-electron chi connectivity index (χ2n) is 7.49. The highest BCUT2D eigenvalue weighted by Crippen LogP contribution is 2.49. The highest BCUT2D eigenvalue weighted by molar-refractivity contribution is 6.13. The Hall–Kier alpha value is -2.82. The lowest BCUT2D eigenvalue weighted by molar-refractivity contribution is -0.143. The molecule has 27 heavy (non-hydrogen) atoms. The summed E-state index contributed by atoms with van der Waals surface area (Å²) in [4.78, 5) is 28.0. The van der Waals surface area contributed by atoms with Gasteiger partial charge in [-0.1, -0.05) is 30.3 Å². The van der Waals surface area contributed by atoms with E-state index >= 15 is 0 Å². The van der Waals surface area contributed by atoms with Crippen LogP contribution in [0.5, 0.6) is 5.75 Å². The quantitative estimate of drug-likeness (QED) is 0.847. The van der Waals surface area contributed by atoms with Crippen LogP contribution in [0.25, 0.3) is 0 Å². The number of benzene rings is 2. The molecule has 0 unspecified atom stereocenters. The average Bonchev–Trinajstić information content (AvgIpc) is 3.49. The minimum atomic E-state index is -0.930. The van der Waals surface area contributed by atoms with E-state index in [9.17, 15) is 9.59 Å². The molecule has 0 aromatic heterocycles. The van der Waals surface area contributed by atoms with Crippen LogP contribution in [0.15, 0.2) is 42.5 Å². The van der Waals surface area contributed by atoms with Gasteiger partial charge in [-0.25, -0.2) is 0 Å². The van der Waals surface area contributed by atoms with Crippen molar-refractivity contribution in [1.29, 1.82) is 0 Å². The molecule has 1 saturated carbocycles. The summed E-state index contributed by atoms with van der Waals surface area (Å²) in [5.41, 5.74) is 3.18. The molecule has 5 heteroatoms. The van der Waals surface area contributed by atoms with Crippen LogP contribution in [0.1, 0.15) is 29.5 Å². The molecular formula is C22H24N2O3. The van der Waals surface area contributed by atoms with Gasteiger partial charge in [0.2, 0.25) is 11.8 Å². The Labute approximate surface area is 159 Å². The van der Waals surface area contributed by atoms with Crippen molar-refractivity contribution in [3.05, 3.63) is 59.2 Å². The molecule has 0 saturated heterocycles. The summed E-state index contributed by atoms with van der Waals surface area (Å²) in [5, 5.41) is 2.93. The second-order valence-corrected chi connectivity index (χ2v) is 7.49. The SMILES string of the molecule is COc1ccc(C)cc1NC(=O)C1(C(=O)N2CCc3ccccc3C2)CC1. The third kappa shape index (κ3) is 3.18. The van der Waals surface area contributed by atoms with Gasteiger partial charge in [0, 0.05) is 13.1 Å². The maximum absolute atomic E-state index is 13.2. The Balaban J connectivity index is 1.51. The van der Waals surface area contributed by atoms with E-state index in [-0.39, 0.29) is 11.8 Å². The molecule has 2 aromatic rings. The largest absolute Gasteiger partial charge is 0.495 e. The van der Waals surface area contributed by atoms with Crippen molar-refractivity contribution in [2.75, 3.05) is 19.0 Å². The first-order chi connectivity index (χ1) is 13.0. The number of fused-ring (bicyclic) bond motifs is 1. The summed E-state index contributed by atoms with van der Waals surface area (Å²) in [5.74, 6) is 0.320. The summed E-state index contributed by atoms with van der Waals surface area (Å²) in [7, 11) is 1.57. The fraction of sp³-hybridized carbons (Fsp3) is 0.364. The smallest absolute Gasteiger partial charge is 0.240 e. The van der Waals surface area contributed by atoms with Gasteiger partial charge in [0.05, 0.1) is 12.8 Å². The molecule has 140 valence electrons. The third-order valence-corrected chi connectivity index (χ3v) is 5.62. The Morgan fingerprint density at radius 3 is 2.56 bits per heavy atom. The monoisotopic (exact) mass is 364 g/mol. The van der Waals surface area contributed by atoms with Crippen LogP contribution >= 0.6 is 0 Å². The summed E-state index contributed by atoms with van der Waals surface area (Å²) >= 11 is 0. The lowest BCUT2D eigenvalue weighted by Crippen LogP contribution is -2.45. The van der Waals surface area contributed by atoms with E-state index < -0.39 is 5.41 Å². The highest BCUT2D eigenvalue weighted by atomic mass is 16.5. The van der Waals surface area contributed by atoms with Crippen LogP contribution < -0.4 is 10.1 Å². The number of ether oxygens (including phenoxy) is 1. The van der Waals surface area contributed by atoms with Crippen LogP contribution in [0.4, 0.5) is 5.69 Å². The fourth-order valence-electron chi connectivity index (χ4n) is 3.80.